The van der Waals surface area contributed by atoms with Crippen molar-refractivity contribution in [3.8, 4) is 17.2 Å². The minimum absolute atomic E-state index is 0.289. The molecule has 0 radical (unpaired) electrons. The zero-order valence-electron chi connectivity index (χ0n) is 10.3. The third-order valence-electron chi connectivity index (χ3n) is 2.88. The van der Waals surface area contributed by atoms with Crippen LogP contribution in [0.25, 0.3) is 0 Å². The first kappa shape index (κ1) is 11.5. The summed E-state index contributed by atoms with van der Waals surface area (Å²) < 4.78 is 5.74. The number of hydrogen-bond acceptors (Lipinski definition) is 2. The van der Waals surface area contributed by atoms with E-state index in [0.717, 1.165) is 17.1 Å². The van der Waals surface area contributed by atoms with Crippen molar-refractivity contribution in [3.05, 3.63) is 53.1 Å². The normalized spacial score (nSPS) is 10.3. The van der Waals surface area contributed by atoms with Crippen molar-refractivity contribution >= 4 is 0 Å². The quantitative estimate of drug-likeness (QED) is 0.838. The molecule has 88 valence electrons. The number of ether oxygens (including phenoxy) is 1. The van der Waals surface area contributed by atoms with Gasteiger partial charge in [0.05, 0.1) is 0 Å². The van der Waals surface area contributed by atoms with E-state index in [1.807, 2.05) is 31.2 Å². The largest absolute Gasteiger partial charge is 0.508 e. The second kappa shape index (κ2) is 4.50. The molecule has 2 heteroatoms. The van der Waals surface area contributed by atoms with E-state index in [4.69, 9.17) is 4.74 Å². The van der Waals surface area contributed by atoms with Gasteiger partial charge in [0.2, 0.25) is 0 Å². The van der Waals surface area contributed by atoms with E-state index in [1.54, 1.807) is 12.1 Å². The highest BCUT2D eigenvalue weighted by Crippen LogP contribution is 2.27. The maximum atomic E-state index is 9.43. The maximum absolute atomic E-state index is 9.43. The van der Waals surface area contributed by atoms with Crippen LogP contribution < -0.4 is 4.74 Å². The Morgan fingerprint density at radius 3 is 1.94 bits per heavy atom. The van der Waals surface area contributed by atoms with Gasteiger partial charge in [0.1, 0.15) is 17.2 Å². The van der Waals surface area contributed by atoms with E-state index in [9.17, 15) is 5.11 Å². The van der Waals surface area contributed by atoms with Crippen LogP contribution in [0.3, 0.4) is 0 Å². The van der Waals surface area contributed by atoms with Crippen LogP contribution in [0.1, 0.15) is 16.7 Å². The summed E-state index contributed by atoms with van der Waals surface area (Å²) in [4.78, 5) is 0. The zero-order chi connectivity index (χ0) is 12.4. The smallest absolute Gasteiger partial charge is 0.127 e. The Hall–Kier alpha value is -1.96. The SMILES string of the molecule is Cc1ccc(Oc2ccc(O)c(C)c2)cc1C. The van der Waals surface area contributed by atoms with Gasteiger partial charge in [0, 0.05) is 0 Å². The Morgan fingerprint density at radius 1 is 0.765 bits per heavy atom. The molecule has 0 spiro atoms. The molecular weight excluding hydrogens is 212 g/mol. The standard InChI is InChI=1S/C15H16O2/c1-10-4-5-13(8-11(10)2)17-14-6-7-15(16)12(3)9-14/h4-9,16H,1-3H3. The molecule has 0 saturated carbocycles. The fourth-order valence-electron chi connectivity index (χ4n) is 1.60. The molecule has 0 bridgehead atoms. The van der Waals surface area contributed by atoms with Gasteiger partial charge in [-0.15, -0.1) is 0 Å². The Labute approximate surface area is 101 Å². The first-order valence-corrected chi connectivity index (χ1v) is 5.61. The molecule has 0 unspecified atom stereocenters. The average molecular weight is 228 g/mol. The molecule has 0 amide bonds. The Balaban J connectivity index is 2.25. The lowest BCUT2D eigenvalue weighted by atomic mass is 10.1. The fourth-order valence-corrected chi connectivity index (χ4v) is 1.60. The number of rotatable bonds is 2. The van der Waals surface area contributed by atoms with Crippen LogP contribution in [0.15, 0.2) is 36.4 Å². The lowest BCUT2D eigenvalue weighted by Crippen LogP contribution is -1.87. The van der Waals surface area contributed by atoms with Gasteiger partial charge in [-0.05, 0) is 67.8 Å². The second-order valence-corrected chi connectivity index (χ2v) is 4.30. The maximum Gasteiger partial charge on any atom is 0.127 e. The molecule has 0 atom stereocenters. The number of phenols is 1. The van der Waals surface area contributed by atoms with Crippen LogP contribution in [0.2, 0.25) is 0 Å². The molecule has 2 rings (SSSR count). The zero-order valence-corrected chi connectivity index (χ0v) is 10.3. The molecular formula is C15H16O2. The van der Waals surface area contributed by atoms with Gasteiger partial charge in [0.25, 0.3) is 0 Å². The molecule has 1 N–H and O–H groups in total. The van der Waals surface area contributed by atoms with Crippen molar-refractivity contribution < 1.29 is 9.84 Å². The third-order valence-corrected chi connectivity index (χ3v) is 2.88. The van der Waals surface area contributed by atoms with E-state index >= 15 is 0 Å². The lowest BCUT2D eigenvalue weighted by molar-refractivity contribution is 0.460. The van der Waals surface area contributed by atoms with Crippen LogP contribution >= 0.6 is 0 Å². The van der Waals surface area contributed by atoms with Crippen LogP contribution in [0, 0.1) is 20.8 Å². The van der Waals surface area contributed by atoms with Crippen LogP contribution in [0.4, 0.5) is 0 Å². The number of aryl methyl sites for hydroxylation is 3. The summed E-state index contributed by atoms with van der Waals surface area (Å²) in [5.74, 6) is 1.85. The Kier molecular flexibility index (Phi) is 3.05. The molecule has 0 aromatic heterocycles. The highest BCUT2D eigenvalue weighted by molar-refractivity contribution is 5.42. The van der Waals surface area contributed by atoms with Crippen molar-refractivity contribution in [1.82, 2.24) is 0 Å². The minimum Gasteiger partial charge on any atom is -0.508 e. The number of hydrogen-bond donors (Lipinski definition) is 1. The molecule has 17 heavy (non-hydrogen) atoms. The monoisotopic (exact) mass is 228 g/mol. The van der Waals surface area contributed by atoms with Crippen molar-refractivity contribution in [3.63, 3.8) is 0 Å². The second-order valence-electron chi connectivity index (χ2n) is 4.30. The molecule has 0 fully saturated rings. The van der Waals surface area contributed by atoms with Gasteiger partial charge in [-0.2, -0.15) is 0 Å². The van der Waals surface area contributed by atoms with E-state index in [1.165, 1.54) is 11.1 Å². The van der Waals surface area contributed by atoms with E-state index in [2.05, 4.69) is 13.8 Å². The molecule has 0 aliphatic carbocycles. The van der Waals surface area contributed by atoms with Gasteiger partial charge in [0.15, 0.2) is 0 Å². The number of benzene rings is 2. The summed E-state index contributed by atoms with van der Waals surface area (Å²) in [6, 6.07) is 11.2. The van der Waals surface area contributed by atoms with Crippen LogP contribution in [-0.2, 0) is 0 Å². The van der Waals surface area contributed by atoms with Crippen molar-refractivity contribution in [2.75, 3.05) is 0 Å². The summed E-state index contributed by atoms with van der Waals surface area (Å²) >= 11 is 0. The van der Waals surface area contributed by atoms with E-state index in [0.29, 0.717) is 0 Å². The Morgan fingerprint density at radius 2 is 1.35 bits per heavy atom. The van der Waals surface area contributed by atoms with Crippen molar-refractivity contribution in [2.24, 2.45) is 0 Å². The minimum atomic E-state index is 0.289. The van der Waals surface area contributed by atoms with Crippen LogP contribution in [-0.4, -0.2) is 5.11 Å². The molecule has 0 aliphatic heterocycles. The summed E-state index contributed by atoms with van der Waals surface area (Å²) in [6.07, 6.45) is 0. The lowest BCUT2D eigenvalue weighted by Gasteiger charge is -2.09. The van der Waals surface area contributed by atoms with E-state index in [-0.39, 0.29) is 5.75 Å². The summed E-state index contributed by atoms with van der Waals surface area (Å²) in [5.41, 5.74) is 3.27. The highest BCUT2D eigenvalue weighted by atomic mass is 16.5. The molecule has 2 aromatic rings. The number of phenolic OH excluding ortho intramolecular Hbond substituents is 1. The van der Waals surface area contributed by atoms with Gasteiger partial charge >= 0.3 is 0 Å². The predicted octanol–water partition coefficient (Wildman–Crippen LogP) is 4.11. The Bertz CT molecular complexity index is 495. The summed E-state index contributed by atoms with van der Waals surface area (Å²) in [7, 11) is 0. The van der Waals surface area contributed by atoms with Crippen molar-refractivity contribution in [2.45, 2.75) is 20.8 Å². The topological polar surface area (TPSA) is 29.5 Å². The van der Waals surface area contributed by atoms with Gasteiger partial charge in [-0.3, -0.25) is 0 Å². The third kappa shape index (κ3) is 2.59. The highest BCUT2D eigenvalue weighted by Gasteiger charge is 2.02. The molecule has 0 aliphatic rings. The average Bonchev–Trinajstić information content (AvgIpc) is 2.29. The first-order chi connectivity index (χ1) is 8.06. The van der Waals surface area contributed by atoms with Gasteiger partial charge in [-0.1, -0.05) is 6.07 Å². The van der Waals surface area contributed by atoms with Crippen LogP contribution in [0.5, 0.6) is 17.2 Å². The van der Waals surface area contributed by atoms with Gasteiger partial charge in [-0.25, -0.2) is 0 Å². The molecule has 2 aromatic carbocycles. The molecule has 2 nitrogen and oxygen atoms in total. The summed E-state index contributed by atoms with van der Waals surface area (Å²) in [5, 5.41) is 9.43. The number of aromatic hydroxyl groups is 1. The fraction of sp³-hybridized carbons (Fsp3) is 0.200. The van der Waals surface area contributed by atoms with Crippen molar-refractivity contribution in [1.29, 1.82) is 0 Å². The first-order valence-electron chi connectivity index (χ1n) is 5.61. The molecule has 0 heterocycles. The van der Waals surface area contributed by atoms with E-state index < -0.39 is 0 Å². The van der Waals surface area contributed by atoms with Gasteiger partial charge < -0.3 is 9.84 Å². The predicted molar refractivity (Wildman–Crippen MR) is 68.8 cm³/mol. The summed E-state index contributed by atoms with van der Waals surface area (Å²) in [6.45, 7) is 5.98. The molecule has 0 saturated heterocycles.